The predicted molar refractivity (Wildman–Crippen MR) is 64.4 cm³/mol. The number of alkyl halides is 2. The number of hydrogen-bond donors (Lipinski definition) is 1. The lowest BCUT2D eigenvalue weighted by Gasteiger charge is -2.14. The molecule has 1 aromatic rings. The Morgan fingerprint density at radius 1 is 1.28 bits per heavy atom. The van der Waals surface area contributed by atoms with Crippen molar-refractivity contribution < 1.29 is 18.3 Å². The van der Waals surface area contributed by atoms with Crippen LogP contribution in [-0.2, 0) is 9.53 Å². The summed E-state index contributed by atoms with van der Waals surface area (Å²) in [6, 6.07) is 5.87. The van der Waals surface area contributed by atoms with Gasteiger partial charge in [0, 0.05) is 11.5 Å². The number of hydrogen-bond acceptors (Lipinski definition) is 3. The summed E-state index contributed by atoms with van der Waals surface area (Å²) in [6.45, 7) is 2.32. The average Bonchev–Trinajstić information content (AvgIpc) is 2.36. The molecule has 0 aliphatic carbocycles. The van der Waals surface area contributed by atoms with E-state index in [1.807, 2.05) is 0 Å². The van der Waals surface area contributed by atoms with Gasteiger partial charge in [-0.3, -0.25) is 4.79 Å². The fourth-order valence-corrected chi connectivity index (χ4v) is 1.67. The number of halogens is 2. The van der Waals surface area contributed by atoms with Gasteiger partial charge in [-0.05, 0) is 19.0 Å². The standard InChI is InChI=1S/C13H17F2NO2/c1-2-18-12(17)7-11(8-16)9-3-5-10(6-4-9)13(14)15/h3-6,11,13H,2,7-8,16H2,1H3. The molecule has 1 aromatic carbocycles. The summed E-state index contributed by atoms with van der Waals surface area (Å²) >= 11 is 0. The minimum absolute atomic E-state index is 0.0364. The molecule has 100 valence electrons. The molecule has 0 heterocycles. The van der Waals surface area contributed by atoms with Crippen molar-refractivity contribution in [2.24, 2.45) is 5.73 Å². The lowest BCUT2D eigenvalue weighted by atomic mass is 9.95. The number of benzene rings is 1. The van der Waals surface area contributed by atoms with Crippen molar-refractivity contribution in [1.82, 2.24) is 0 Å². The summed E-state index contributed by atoms with van der Waals surface area (Å²) in [7, 11) is 0. The second kappa shape index (κ2) is 7.06. The van der Waals surface area contributed by atoms with Crippen LogP contribution in [0.1, 0.15) is 36.8 Å². The summed E-state index contributed by atoms with van der Waals surface area (Å²) in [6.07, 6.45) is -2.32. The maximum atomic E-state index is 12.4. The molecule has 0 amide bonds. The smallest absolute Gasteiger partial charge is 0.306 e. The van der Waals surface area contributed by atoms with Crippen molar-refractivity contribution >= 4 is 5.97 Å². The Hall–Kier alpha value is -1.49. The van der Waals surface area contributed by atoms with Crippen LogP contribution in [0.2, 0.25) is 0 Å². The first kappa shape index (κ1) is 14.6. The molecule has 0 aliphatic rings. The van der Waals surface area contributed by atoms with E-state index in [-0.39, 0.29) is 30.4 Å². The first-order chi connectivity index (χ1) is 8.58. The first-order valence-electron chi connectivity index (χ1n) is 5.82. The molecule has 0 bridgehead atoms. The highest BCUT2D eigenvalue weighted by Gasteiger charge is 2.16. The molecule has 18 heavy (non-hydrogen) atoms. The largest absolute Gasteiger partial charge is 0.466 e. The van der Waals surface area contributed by atoms with Gasteiger partial charge in [0.2, 0.25) is 0 Å². The zero-order valence-electron chi connectivity index (χ0n) is 10.2. The number of carbonyl (C=O) groups is 1. The van der Waals surface area contributed by atoms with Crippen LogP contribution in [0.25, 0.3) is 0 Å². The zero-order valence-corrected chi connectivity index (χ0v) is 10.2. The Labute approximate surface area is 105 Å². The molecular formula is C13H17F2NO2. The van der Waals surface area contributed by atoms with E-state index in [0.717, 1.165) is 5.56 Å². The lowest BCUT2D eigenvalue weighted by Crippen LogP contribution is -2.18. The molecule has 0 saturated carbocycles. The van der Waals surface area contributed by atoms with E-state index in [2.05, 4.69) is 0 Å². The Balaban J connectivity index is 2.73. The van der Waals surface area contributed by atoms with Crippen LogP contribution < -0.4 is 5.73 Å². The molecule has 0 aliphatic heterocycles. The topological polar surface area (TPSA) is 52.3 Å². The van der Waals surface area contributed by atoms with Crippen LogP contribution in [0.15, 0.2) is 24.3 Å². The van der Waals surface area contributed by atoms with Crippen LogP contribution in [-0.4, -0.2) is 19.1 Å². The van der Waals surface area contributed by atoms with Gasteiger partial charge < -0.3 is 10.5 Å². The third kappa shape index (κ3) is 4.07. The highest BCUT2D eigenvalue weighted by atomic mass is 19.3. The first-order valence-corrected chi connectivity index (χ1v) is 5.82. The quantitative estimate of drug-likeness (QED) is 0.797. The molecule has 0 spiro atoms. The number of carbonyl (C=O) groups excluding carboxylic acids is 1. The van der Waals surface area contributed by atoms with Crippen molar-refractivity contribution in [1.29, 1.82) is 0 Å². The number of ether oxygens (including phenoxy) is 1. The molecule has 2 N–H and O–H groups in total. The van der Waals surface area contributed by atoms with Crippen LogP contribution in [0, 0.1) is 0 Å². The molecule has 0 aromatic heterocycles. The molecular weight excluding hydrogens is 240 g/mol. The van der Waals surface area contributed by atoms with Gasteiger partial charge in [0.1, 0.15) is 0 Å². The van der Waals surface area contributed by atoms with E-state index in [1.165, 1.54) is 12.1 Å². The van der Waals surface area contributed by atoms with Gasteiger partial charge in [0.15, 0.2) is 0 Å². The second-order valence-corrected chi connectivity index (χ2v) is 3.91. The van der Waals surface area contributed by atoms with Crippen molar-refractivity contribution in [3.05, 3.63) is 35.4 Å². The summed E-state index contributed by atoms with van der Waals surface area (Å²) < 4.78 is 29.6. The minimum Gasteiger partial charge on any atom is -0.466 e. The molecule has 0 fully saturated rings. The number of nitrogens with two attached hydrogens (primary N) is 1. The van der Waals surface area contributed by atoms with Gasteiger partial charge in [-0.25, -0.2) is 8.78 Å². The van der Waals surface area contributed by atoms with Crippen molar-refractivity contribution in [3.8, 4) is 0 Å². The molecule has 1 atom stereocenters. The van der Waals surface area contributed by atoms with Gasteiger partial charge in [0.25, 0.3) is 6.43 Å². The molecule has 1 rings (SSSR count). The van der Waals surface area contributed by atoms with Crippen molar-refractivity contribution in [3.63, 3.8) is 0 Å². The van der Waals surface area contributed by atoms with Crippen molar-refractivity contribution in [2.75, 3.05) is 13.2 Å². The highest BCUT2D eigenvalue weighted by Crippen LogP contribution is 2.23. The third-order valence-electron chi connectivity index (χ3n) is 2.66. The Kier molecular flexibility index (Phi) is 5.71. The Morgan fingerprint density at radius 2 is 1.83 bits per heavy atom. The second-order valence-electron chi connectivity index (χ2n) is 3.91. The van der Waals surface area contributed by atoms with Gasteiger partial charge >= 0.3 is 5.97 Å². The molecule has 0 radical (unpaired) electrons. The summed E-state index contributed by atoms with van der Waals surface area (Å²) in [4.78, 5) is 11.4. The van der Waals surface area contributed by atoms with Crippen LogP contribution in [0.5, 0.6) is 0 Å². The van der Waals surface area contributed by atoms with Crippen LogP contribution >= 0.6 is 0 Å². The minimum atomic E-state index is -2.49. The third-order valence-corrected chi connectivity index (χ3v) is 2.66. The van der Waals surface area contributed by atoms with Gasteiger partial charge in [0.05, 0.1) is 13.0 Å². The maximum Gasteiger partial charge on any atom is 0.306 e. The van der Waals surface area contributed by atoms with E-state index in [9.17, 15) is 13.6 Å². The van der Waals surface area contributed by atoms with E-state index >= 15 is 0 Å². The van der Waals surface area contributed by atoms with Gasteiger partial charge in [-0.2, -0.15) is 0 Å². The summed E-state index contributed by atoms with van der Waals surface area (Å²) in [5, 5.41) is 0. The fraction of sp³-hybridized carbons (Fsp3) is 0.462. The van der Waals surface area contributed by atoms with Crippen LogP contribution in [0.3, 0.4) is 0 Å². The number of rotatable bonds is 6. The molecule has 1 unspecified atom stereocenters. The summed E-state index contributed by atoms with van der Waals surface area (Å²) in [5.74, 6) is -0.526. The van der Waals surface area contributed by atoms with Gasteiger partial charge in [-0.15, -0.1) is 0 Å². The van der Waals surface area contributed by atoms with E-state index in [4.69, 9.17) is 10.5 Å². The Bertz CT molecular complexity index is 379. The normalized spacial score (nSPS) is 12.5. The van der Waals surface area contributed by atoms with Gasteiger partial charge in [-0.1, -0.05) is 24.3 Å². The van der Waals surface area contributed by atoms with E-state index in [1.54, 1.807) is 19.1 Å². The zero-order chi connectivity index (χ0) is 13.5. The summed E-state index contributed by atoms with van der Waals surface area (Å²) in [5.41, 5.74) is 6.33. The molecule has 3 nitrogen and oxygen atoms in total. The Morgan fingerprint density at radius 3 is 2.28 bits per heavy atom. The fourth-order valence-electron chi connectivity index (χ4n) is 1.67. The average molecular weight is 257 g/mol. The monoisotopic (exact) mass is 257 g/mol. The van der Waals surface area contributed by atoms with Crippen molar-refractivity contribution in [2.45, 2.75) is 25.7 Å². The number of esters is 1. The lowest BCUT2D eigenvalue weighted by molar-refractivity contribution is -0.143. The molecule has 5 heteroatoms. The SMILES string of the molecule is CCOC(=O)CC(CN)c1ccc(C(F)F)cc1. The predicted octanol–water partition coefficient (Wildman–Crippen LogP) is 2.62. The van der Waals surface area contributed by atoms with E-state index < -0.39 is 6.43 Å². The molecule has 0 saturated heterocycles. The van der Waals surface area contributed by atoms with Crippen LogP contribution in [0.4, 0.5) is 8.78 Å². The highest BCUT2D eigenvalue weighted by molar-refractivity contribution is 5.70. The maximum absolute atomic E-state index is 12.4. The van der Waals surface area contributed by atoms with E-state index in [0.29, 0.717) is 6.61 Å².